The van der Waals surface area contributed by atoms with Gasteiger partial charge in [0.1, 0.15) is 0 Å². The molecule has 0 heterocycles. The van der Waals surface area contributed by atoms with Gasteiger partial charge in [-0.15, -0.1) is 0 Å². The van der Waals surface area contributed by atoms with Crippen molar-refractivity contribution in [2.75, 3.05) is 14.2 Å². The molecule has 2 aromatic carbocycles. The molecule has 0 bridgehead atoms. The maximum atomic E-state index is 14.1. The first-order valence-electron chi connectivity index (χ1n) is 6.42. The molecule has 0 aromatic heterocycles. The third-order valence-electron chi connectivity index (χ3n) is 3.41. The molecule has 0 radical (unpaired) electrons. The molecule has 0 saturated carbocycles. The second-order valence-corrected chi connectivity index (χ2v) is 4.66. The van der Waals surface area contributed by atoms with Gasteiger partial charge in [0.15, 0.2) is 23.1 Å². The summed E-state index contributed by atoms with van der Waals surface area (Å²) in [5.41, 5.74) is 6.93. The van der Waals surface area contributed by atoms with Crippen molar-refractivity contribution in [2.45, 2.75) is 13.0 Å². The predicted octanol–water partition coefficient (Wildman–Crippen LogP) is 3.34. The van der Waals surface area contributed by atoms with E-state index in [1.54, 1.807) is 18.2 Å². The Labute approximate surface area is 122 Å². The van der Waals surface area contributed by atoms with Gasteiger partial charge in [-0.1, -0.05) is 24.3 Å². The number of hydrogen-bond donors (Lipinski definition) is 1. The Kier molecular flexibility index (Phi) is 4.43. The molecule has 21 heavy (non-hydrogen) atoms. The molecule has 0 saturated heterocycles. The summed E-state index contributed by atoms with van der Waals surface area (Å²) in [6, 6.07) is 7.26. The molecule has 0 spiro atoms. The van der Waals surface area contributed by atoms with Crippen LogP contribution in [-0.4, -0.2) is 14.2 Å². The lowest BCUT2D eigenvalue weighted by Gasteiger charge is -2.19. The third kappa shape index (κ3) is 2.69. The van der Waals surface area contributed by atoms with E-state index in [4.69, 9.17) is 15.2 Å². The van der Waals surface area contributed by atoms with Crippen LogP contribution in [0, 0.1) is 18.6 Å². The van der Waals surface area contributed by atoms with Crippen molar-refractivity contribution in [1.82, 2.24) is 0 Å². The highest BCUT2D eigenvalue weighted by molar-refractivity contribution is 5.50. The topological polar surface area (TPSA) is 44.5 Å². The van der Waals surface area contributed by atoms with Gasteiger partial charge in [-0.2, -0.15) is 0 Å². The number of aryl methyl sites for hydroxylation is 1. The van der Waals surface area contributed by atoms with Gasteiger partial charge in [-0.3, -0.25) is 0 Å². The largest absolute Gasteiger partial charge is 0.493 e. The molecule has 0 aliphatic rings. The number of methoxy groups -OCH3 is 2. The first-order valence-corrected chi connectivity index (χ1v) is 6.42. The molecule has 0 amide bonds. The van der Waals surface area contributed by atoms with Gasteiger partial charge in [0.05, 0.1) is 20.3 Å². The zero-order chi connectivity index (χ0) is 15.6. The van der Waals surface area contributed by atoms with Gasteiger partial charge in [0.2, 0.25) is 0 Å². The summed E-state index contributed by atoms with van der Waals surface area (Å²) < 4.78 is 38.3. The summed E-state index contributed by atoms with van der Waals surface area (Å²) in [4.78, 5) is 0. The van der Waals surface area contributed by atoms with Crippen molar-refractivity contribution in [3.63, 3.8) is 0 Å². The highest BCUT2D eigenvalue weighted by Gasteiger charge is 2.22. The predicted molar refractivity (Wildman–Crippen MR) is 76.7 cm³/mol. The van der Waals surface area contributed by atoms with E-state index in [1.807, 2.05) is 0 Å². The number of nitrogens with two attached hydrogens (primary N) is 1. The second kappa shape index (κ2) is 6.10. The van der Waals surface area contributed by atoms with Crippen LogP contribution in [-0.2, 0) is 0 Å². The standard InChI is InChI=1S/C16H17F2NO2/c1-9-7-8-10(14(18)13(9)17)15(19)11-5-4-6-12(20-2)16(11)21-3/h4-8,15H,19H2,1-3H3. The van der Waals surface area contributed by atoms with Crippen LogP contribution in [0.15, 0.2) is 30.3 Å². The van der Waals surface area contributed by atoms with E-state index in [9.17, 15) is 8.78 Å². The summed E-state index contributed by atoms with van der Waals surface area (Å²) >= 11 is 0. The quantitative estimate of drug-likeness (QED) is 0.940. The maximum absolute atomic E-state index is 14.1. The van der Waals surface area contributed by atoms with Crippen molar-refractivity contribution in [3.05, 3.63) is 58.7 Å². The van der Waals surface area contributed by atoms with Crippen molar-refractivity contribution in [1.29, 1.82) is 0 Å². The van der Waals surface area contributed by atoms with Crippen LogP contribution < -0.4 is 15.2 Å². The Morgan fingerprint density at radius 1 is 0.952 bits per heavy atom. The van der Waals surface area contributed by atoms with E-state index in [-0.39, 0.29) is 11.1 Å². The van der Waals surface area contributed by atoms with Gasteiger partial charge in [-0.25, -0.2) is 8.78 Å². The van der Waals surface area contributed by atoms with E-state index in [2.05, 4.69) is 0 Å². The molecule has 0 fully saturated rings. The monoisotopic (exact) mass is 293 g/mol. The molecule has 1 unspecified atom stereocenters. The van der Waals surface area contributed by atoms with Crippen LogP contribution >= 0.6 is 0 Å². The van der Waals surface area contributed by atoms with E-state index >= 15 is 0 Å². The highest BCUT2D eigenvalue weighted by atomic mass is 19.2. The first-order chi connectivity index (χ1) is 10.0. The van der Waals surface area contributed by atoms with Crippen molar-refractivity contribution in [3.8, 4) is 11.5 Å². The van der Waals surface area contributed by atoms with Gasteiger partial charge in [-0.05, 0) is 18.6 Å². The fourth-order valence-corrected chi connectivity index (χ4v) is 2.23. The number of benzene rings is 2. The number of ether oxygens (including phenoxy) is 2. The molecule has 5 heteroatoms. The second-order valence-electron chi connectivity index (χ2n) is 4.66. The smallest absolute Gasteiger partial charge is 0.165 e. The molecule has 112 valence electrons. The zero-order valence-electron chi connectivity index (χ0n) is 12.1. The van der Waals surface area contributed by atoms with Crippen molar-refractivity contribution < 1.29 is 18.3 Å². The van der Waals surface area contributed by atoms with Gasteiger partial charge < -0.3 is 15.2 Å². The van der Waals surface area contributed by atoms with E-state index in [0.29, 0.717) is 17.1 Å². The molecule has 1 atom stereocenters. The van der Waals surface area contributed by atoms with Crippen LogP contribution in [0.3, 0.4) is 0 Å². The van der Waals surface area contributed by atoms with Crippen LogP contribution in [0.4, 0.5) is 8.78 Å². The fraction of sp³-hybridized carbons (Fsp3) is 0.250. The van der Waals surface area contributed by atoms with Gasteiger partial charge >= 0.3 is 0 Å². The first kappa shape index (κ1) is 15.3. The number of para-hydroxylation sites is 1. The average Bonchev–Trinajstić information content (AvgIpc) is 2.51. The van der Waals surface area contributed by atoms with E-state index < -0.39 is 17.7 Å². The molecule has 2 aromatic rings. The minimum Gasteiger partial charge on any atom is -0.493 e. The Balaban J connectivity index is 2.55. The van der Waals surface area contributed by atoms with E-state index in [0.717, 1.165) is 0 Å². The maximum Gasteiger partial charge on any atom is 0.165 e. The summed E-state index contributed by atoms with van der Waals surface area (Å²) in [7, 11) is 2.97. The molecule has 2 rings (SSSR count). The third-order valence-corrected chi connectivity index (χ3v) is 3.41. The van der Waals surface area contributed by atoms with Crippen LogP contribution in [0.2, 0.25) is 0 Å². The summed E-state index contributed by atoms with van der Waals surface area (Å²) in [5.74, 6) is -0.927. The van der Waals surface area contributed by atoms with E-state index in [1.165, 1.54) is 33.3 Å². The highest BCUT2D eigenvalue weighted by Crippen LogP contribution is 2.37. The minimum atomic E-state index is -0.938. The Bertz CT molecular complexity index is 659. The molecule has 3 nitrogen and oxygen atoms in total. The Morgan fingerprint density at radius 3 is 2.29 bits per heavy atom. The Hall–Kier alpha value is -2.14. The number of halogens is 2. The lowest BCUT2D eigenvalue weighted by Crippen LogP contribution is -2.16. The summed E-state index contributed by atoms with van der Waals surface area (Å²) in [5, 5.41) is 0. The van der Waals surface area contributed by atoms with Crippen molar-refractivity contribution in [2.24, 2.45) is 5.73 Å². The molecule has 0 aliphatic heterocycles. The minimum absolute atomic E-state index is 0.0738. The zero-order valence-corrected chi connectivity index (χ0v) is 12.1. The summed E-state index contributed by atoms with van der Waals surface area (Å²) in [6.07, 6.45) is 0. The number of rotatable bonds is 4. The van der Waals surface area contributed by atoms with Crippen LogP contribution in [0.1, 0.15) is 22.7 Å². The van der Waals surface area contributed by atoms with Crippen LogP contribution in [0.5, 0.6) is 11.5 Å². The van der Waals surface area contributed by atoms with Crippen molar-refractivity contribution >= 4 is 0 Å². The van der Waals surface area contributed by atoms with Crippen LogP contribution in [0.25, 0.3) is 0 Å². The fourth-order valence-electron chi connectivity index (χ4n) is 2.23. The SMILES string of the molecule is COc1cccc(C(N)c2ccc(C)c(F)c2F)c1OC. The molecule has 2 N–H and O–H groups in total. The van der Waals surface area contributed by atoms with Gasteiger partial charge in [0.25, 0.3) is 0 Å². The van der Waals surface area contributed by atoms with Gasteiger partial charge in [0, 0.05) is 11.1 Å². The lowest BCUT2D eigenvalue weighted by atomic mass is 9.96. The lowest BCUT2D eigenvalue weighted by molar-refractivity contribution is 0.350. The number of hydrogen-bond acceptors (Lipinski definition) is 3. The molecular weight excluding hydrogens is 276 g/mol. The average molecular weight is 293 g/mol. The molecule has 0 aliphatic carbocycles. The normalized spacial score (nSPS) is 12.1. The Morgan fingerprint density at radius 2 is 1.67 bits per heavy atom. The molecular formula is C16H17F2NO2. The summed E-state index contributed by atoms with van der Waals surface area (Å²) in [6.45, 7) is 1.50.